The highest BCUT2D eigenvalue weighted by molar-refractivity contribution is 6.04. The number of aromatic nitrogens is 2. The summed E-state index contributed by atoms with van der Waals surface area (Å²) >= 11 is 0. The van der Waals surface area contributed by atoms with Crippen molar-refractivity contribution in [3.8, 4) is 0 Å². The van der Waals surface area contributed by atoms with Gasteiger partial charge in [-0.25, -0.2) is 0 Å². The van der Waals surface area contributed by atoms with Gasteiger partial charge in [-0.1, -0.05) is 13.0 Å². The van der Waals surface area contributed by atoms with Gasteiger partial charge in [0.2, 0.25) is 17.7 Å². The van der Waals surface area contributed by atoms with Crippen molar-refractivity contribution in [2.24, 2.45) is 18.9 Å². The quantitative estimate of drug-likeness (QED) is 0.832. The minimum atomic E-state index is -0.447. The first-order valence-electron chi connectivity index (χ1n) is 9.79. The Balaban J connectivity index is 1.50. The zero-order chi connectivity index (χ0) is 20.9. The van der Waals surface area contributed by atoms with Crippen LogP contribution in [0.3, 0.4) is 0 Å². The molecule has 0 spiro atoms. The molecule has 1 aromatic heterocycles. The van der Waals surface area contributed by atoms with Gasteiger partial charge in [-0.3, -0.25) is 19.1 Å². The average Bonchev–Trinajstić information content (AvgIpc) is 3.19. The molecule has 0 unspecified atom stereocenters. The van der Waals surface area contributed by atoms with E-state index in [1.54, 1.807) is 16.6 Å². The van der Waals surface area contributed by atoms with E-state index < -0.39 is 5.92 Å². The third-order valence-corrected chi connectivity index (χ3v) is 5.88. The largest absolute Gasteiger partial charge is 0.312 e. The molecule has 2 atom stereocenters. The molecule has 0 radical (unpaired) electrons. The van der Waals surface area contributed by atoms with Crippen LogP contribution in [0.2, 0.25) is 0 Å². The summed E-state index contributed by atoms with van der Waals surface area (Å²) in [6, 6.07) is 5.88. The van der Waals surface area contributed by atoms with Crippen molar-refractivity contribution in [1.29, 1.82) is 0 Å². The molecule has 29 heavy (non-hydrogen) atoms. The predicted molar refractivity (Wildman–Crippen MR) is 110 cm³/mol. The minimum absolute atomic E-state index is 0.0520. The number of anilines is 3. The number of nitrogens with one attached hydrogen (secondary N) is 2. The number of benzene rings is 1. The highest BCUT2D eigenvalue weighted by Crippen LogP contribution is 2.32. The summed E-state index contributed by atoms with van der Waals surface area (Å²) < 4.78 is 1.57. The monoisotopic (exact) mass is 395 g/mol. The first-order chi connectivity index (χ1) is 13.7. The Kier molecular flexibility index (Phi) is 4.64. The summed E-state index contributed by atoms with van der Waals surface area (Å²) in [6.45, 7) is 6.22. The molecule has 3 amide bonds. The van der Waals surface area contributed by atoms with Crippen LogP contribution in [-0.2, 0) is 27.9 Å². The molecule has 0 aliphatic carbocycles. The number of nitrogens with zero attached hydrogens (tertiary/aromatic N) is 3. The van der Waals surface area contributed by atoms with Crippen LogP contribution < -0.4 is 15.5 Å². The van der Waals surface area contributed by atoms with Gasteiger partial charge in [0.1, 0.15) is 5.82 Å². The van der Waals surface area contributed by atoms with E-state index in [2.05, 4.69) is 15.7 Å². The van der Waals surface area contributed by atoms with Gasteiger partial charge in [0, 0.05) is 37.2 Å². The fourth-order valence-electron chi connectivity index (χ4n) is 3.90. The van der Waals surface area contributed by atoms with Gasteiger partial charge < -0.3 is 15.5 Å². The predicted octanol–water partition coefficient (Wildman–Crippen LogP) is 2.16. The number of rotatable bonds is 3. The maximum atomic E-state index is 12.9. The molecule has 8 nitrogen and oxygen atoms in total. The number of hydrogen-bond acceptors (Lipinski definition) is 4. The fourth-order valence-corrected chi connectivity index (χ4v) is 3.90. The van der Waals surface area contributed by atoms with E-state index >= 15 is 0 Å². The molecule has 0 saturated carbocycles. The topological polar surface area (TPSA) is 96.3 Å². The number of aryl methyl sites for hydroxylation is 3. The Bertz CT molecular complexity index is 1030. The summed E-state index contributed by atoms with van der Waals surface area (Å²) in [5, 5.41) is 10.1. The Labute approximate surface area is 169 Å². The Morgan fingerprint density at radius 3 is 2.69 bits per heavy atom. The number of hydrogen-bond donors (Lipinski definition) is 2. The van der Waals surface area contributed by atoms with E-state index in [-0.39, 0.29) is 30.1 Å². The van der Waals surface area contributed by atoms with Crippen molar-refractivity contribution < 1.29 is 14.4 Å². The molecule has 3 heterocycles. The second kappa shape index (κ2) is 7.02. The maximum Gasteiger partial charge on any atom is 0.231 e. The van der Waals surface area contributed by atoms with Crippen LogP contribution in [0.1, 0.15) is 30.0 Å². The van der Waals surface area contributed by atoms with Crippen molar-refractivity contribution >= 4 is 35.0 Å². The smallest absolute Gasteiger partial charge is 0.231 e. The Morgan fingerprint density at radius 1 is 1.21 bits per heavy atom. The van der Waals surface area contributed by atoms with E-state index in [0.717, 1.165) is 22.4 Å². The third kappa shape index (κ3) is 3.39. The zero-order valence-electron chi connectivity index (χ0n) is 17.1. The van der Waals surface area contributed by atoms with Crippen molar-refractivity contribution in [3.63, 3.8) is 0 Å². The standard InChI is InChI=1S/C21H25N5O3/c1-11-5-6-15(7-12(11)2)26-10-14(9-17(26)27)21(29)22-18-16-8-13(3)20(28)23-19(16)25(4)24-18/h5-7,13-14H,8-10H2,1-4H3,(H,23,28)(H,22,24,29)/t13-,14+/m1/s1. The number of carbonyl (C=O) groups is 3. The molecule has 0 bridgehead atoms. The average molecular weight is 395 g/mol. The van der Waals surface area contributed by atoms with Crippen LogP contribution in [0.4, 0.5) is 17.3 Å². The number of fused-ring (bicyclic) bond motifs is 1. The highest BCUT2D eigenvalue weighted by Gasteiger charge is 2.36. The minimum Gasteiger partial charge on any atom is -0.312 e. The second-order valence-electron chi connectivity index (χ2n) is 8.06. The summed E-state index contributed by atoms with van der Waals surface area (Å²) in [5.74, 6) is 0.100. The lowest BCUT2D eigenvalue weighted by molar-refractivity contribution is -0.122. The van der Waals surface area contributed by atoms with E-state index in [1.165, 1.54) is 0 Å². The zero-order valence-corrected chi connectivity index (χ0v) is 17.1. The molecule has 8 heteroatoms. The molecule has 4 rings (SSSR count). The van der Waals surface area contributed by atoms with Gasteiger partial charge in [0.05, 0.1) is 5.92 Å². The first-order valence-corrected chi connectivity index (χ1v) is 9.79. The van der Waals surface area contributed by atoms with Gasteiger partial charge >= 0.3 is 0 Å². The molecule has 2 aliphatic heterocycles. The van der Waals surface area contributed by atoms with Crippen molar-refractivity contribution in [1.82, 2.24) is 9.78 Å². The van der Waals surface area contributed by atoms with Gasteiger partial charge in [-0.05, 0) is 43.5 Å². The Morgan fingerprint density at radius 2 is 1.97 bits per heavy atom. The maximum absolute atomic E-state index is 12.9. The van der Waals surface area contributed by atoms with Gasteiger partial charge in [-0.15, -0.1) is 0 Å². The lowest BCUT2D eigenvalue weighted by atomic mass is 9.97. The van der Waals surface area contributed by atoms with Crippen molar-refractivity contribution in [3.05, 3.63) is 34.9 Å². The summed E-state index contributed by atoms with van der Waals surface area (Å²) in [7, 11) is 1.73. The number of amides is 3. The van der Waals surface area contributed by atoms with Crippen LogP contribution in [0.15, 0.2) is 18.2 Å². The van der Waals surface area contributed by atoms with E-state index in [4.69, 9.17) is 0 Å². The molecule has 1 saturated heterocycles. The summed E-state index contributed by atoms with van der Waals surface area (Å²) in [5.41, 5.74) is 3.92. The molecule has 2 aromatic rings. The molecular weight excluding hydrogens is 370 g/mol. The molecule has 1 fully saturated rings. The Hall–Kier alpha value is -3.16. The van der Waals surface area contributed by atoms with Gasteiger partial charge in [0.25, 0.3) is 0 Å². The lowest BCUT2D eigenvalue weighted by Gasteiger charge is -2.20. The fraction of sp³-hybridized carbons (Fsp3) is 0.429. The van der Waals surface area contributed by atoms with E-state index in [0.29, 0.717) is 24.6 Å². The normalized spacial score (nSPS) is 21.2. The highest BCUT2D eigenvalue weighted by atomic mass is 16.2. The van der Waals surface area contributed by atoms with Gasteiger partial charge in [0.15, 0.2) is 5.82 Å². The SMILES string of the molecule is Cc1ccc(N2C[C@@H](C(=O)Nc3nn(C)c4c3C[C@@H](C)C(=O)N4)CC2=O)cc1C. The van der Waals surface area contributed by atoms with Crippen LogP contribution in [0, 0.1) is 25.7 Å². The van der Waals surface area contributed by atoms with Crippen LogP contribution in [-0.4, -0.2) is 34.0 Å². The molecule has 1 aromatic carbocycles. The third-order valence-electron chi connectivity index (χ3n) is 5.88. The molecular formula is C21H25N5O3. The van der Waals surface area contributed by atoms with Crippen LogP contribution in [0.25, 0.3) is 0 Å². The summed E-state index contributed by atoms with van der Waals surface area (Å²) in [4.78, 5) is 39.0. The van der Waals surface area contributed by atoms with E-state index in [9.17, 15) is 14.4 Å². The van der Waals surface area contributed by atoms with Crippen LogP contribution in [0.5, 0.6) is 0 Å². The lowest BCUT2D eigenvalue weighted by Crippen LogP contribution is -2.30. The van der Waals surface area contributed by atoms with E-state index in [1.807, 2.05) is 39.0 Å². The molecule has 152 valence electrons. The van der Waals surface area contributed by atoms with Crippen molar-refractivity contribution in [2.45, 2.75) is 33.6 Å². The second-order valence-corrected chi connectivity index (χ2v) is 8.06. The first kappa shape index (κ1) is 19.2. The molecule has 2 N–H and O–H groups in total. The summed E-state index contributed by atoms with van der Waals surface area (Å²) in [6.07, 6.45) is 0.684. The number of carbonyl (C=O) groups excluding carboxylic acids is 3. The van der Waals surface area contributed by atoms with Gasteiger partial charge in [-0.2, -0.15) is 5.10 Å². The van der Waals surface area contributed by atoms with Crippen molar-refractivity contribution in [2.75, 3.05) is 22.1 Å². The molecule has 2 aliphatic rings. The van der Waals surface area contributed by atoms with Crippen LogP contribution >= 0.6 is 0 Å².